The van der Waals surface area contributed by atoms with Crippen LogP contribution in [0.5, 0.6) is 5.75 Å². The Bertz CT molecular complexity index is 320. The Morgan fingerprint density at radius 3 is 2.73 bits per heavy atom. The molecule has 0 heterocycles. The van der Waals surface area contributed by atoms with Crippen molar-refractivity contribution in [3.05, 3.63) is 29.8 Å². The van der Waals surface area contributed by atoms with E-state index in [4.69, 9.17) is 15.2 Å². The lowest BCUT2D eigenvalue weighted by Crippen LogP contribution is -2.32. The number of benzene rings is 1. The number of ether oxygens (including phenoxy) is 2. The topological polar surface area (TPSA) is 44.5 Å². The summed E-state index contributed by atoms with van der Waals surface area (Å²) in [4.78, 5) is 0. The van der Waals surface area contributed by atoms with Gasteiger partial charge in [0.15, 0.2) is 11.6 Å². The van der Waals surface area contributed by atoms with Crippen molar-refractivity contribution in [3.8, 4) is 5.75 Å². The molecule has 0 spiro atoms. The molecule has 0 aliphatic rings. The van der Waals surface area contributed by atoms with E-state index in [0.717, 1.165) is 18.2 Å². The third-order valence-electron chi connectivity index (χ3n) is 1.73. The Balaban J connectivity index is 2.53. The van der Waals surface area contributed by atoms with Gasteiger partial charge in [0, 0.05) is 13.2 Å². The summed E-state index contributed by atoms with van der Waals surface area (Å²) in [5.41, 5.74) is 5.55. The fourth-order valence-corrected chi connectivity index (χ4v) is 1.05. The first-order chi connectivity index (χ1) is 7.13. The maximum absolute atomic E-state index is 13.0. The Morgan fingerprint density at radius 1 is 1.33 bits per heavy atom. The summed E-state index contributed by atoms with van der Waals surface area (Å²) in [5.74, 6) is -1.30. The maximum Gasteiger partial charge on any atom is 0.165 e. The lowest BCUT2D eigenvalue weighted by Gasteiger charge is -2.12. The van der Waals surface area contributed by atoms with Crippen LogP contribution in [0.15, 0.2) is 18.2 Å². The molecule has 84 valence electrons. The van der Waals surface area contributed by atoms with Crippen molar-refractivity contribution in [2.75, 3.05) is 20.3 Å². The highest BCUT2D eigenvalue weighted by molar-refractivity contribution is 5.24. The second-order valence-electron chi connectivity index (χ2n) is 3.10. The minimum atomic E-state index is -0.610. The van der Waals surface area contributed by atoms with E-state index < -0.39 is 11.6 Å². The predicted molar refractivity (Wildman–Crippen MR) is 51.7 cm³/mol. The van der Waals surface area contributed by atoms with Crippen molar-refractivity contribution in [2.45, 2.75) is 6.04 Å². The molecule has 0 saturated carbocycles. The van der Waals surface area contributed by atoms with Gasteiger partial charge in [-0.3, -0.25) is 0 Å². The molecule has 0 aliphatic heterocycles. The lowest BCUT2D eigenvalue weighted by atomic mass is 10.3. The van der Waals surface area contributed by atoms with Crippen molar-refractivity contribution in [1.82, 2.24) is 0 Å². The van der Waals surface area contributed by atoms with E-state index in [1.54, 1.807) is 0 Å². The molecule has 15 heavy (non-hydrogen) atoms. The van der Waals surface area contributed by atoms with Crippen LogP contribution in [0.1, 0.15) is 0 Å². The van der Waals surface area contributed by atoms with Crippen molar-refractivity contribution < 1.29 is 18.3 Å². The third-order valence-corrected chi connectivity index (χ3v) is 1.73. The molecule has 0 amide bonds. The van der Waals surface area contributed by atoms with Gasteiger partial charge in [0.05, 0.1) is 12.6 Å². The largest absolute Gasteiger partial charge is 0.489 e. The molecule has 0 aliphatic carbocycles. The zero-order valence-corrected chi connectivity index (χ0v) is 8.37. The van der Waals surface area contributed by atoms with E-state index in [2.05, 4.69) is 0 Å². The number of hydrogen-bond acceptors (Lipinski definition) is 3. The SMILES string of the molecule is COCC(N)COc1cc(F)ccc1F. The first-order valence-electron chi connectivity index (χ1n) is 4.46. The Hall–Kier alpha value is -1.20. The van der Waals surface area contributed by atoms with Crippen LogP contribution in [0.4, 0.5) is 8.78 Å². The normalized spacial score (nSPS) is 12.5. The van der Waals surface area contributed by atoms with Crippen LogP contribution in [0.3, 0.4) is 0 Å². The monoisotopic (exact) mass is 217 g/mol. The molecule has 3 nitrogen and oxygen atoms in total. The Labute approximate surface area is 86.8 Å². The molecule has 1 rings (SSSR count). The van der Waals surface area contributed by atoms with E-state index in [9.17, 15) is 8.78 Å². The number of methoxy groups -OCH3 is 1. The molecule has 0 saturated heterocycles. The van der Waals surface area contributed by atoms with Gasteiger partial charge in [-0.15, -0.1) is 0 Å². The van der Waals surface area contributed by atoms with Gasteiger partial charge in [0.2, 0.25) is 0 Å². The molecular formula is C10H13F2NO2. The van der Waals surface area contributed by atoms with Crippen molar-refractivity contribution >= 4 is 0 Å². The number of rotatable bonds is 5. The number of nitrogens with two attached hydrogens (primary N) is 1. The zero-order chi connectivity index (χ0) is 11.3. The van der Waals surface area contributed by atoms with Gasteiger partial charge >= 0.3 is 0 Å². The summed E-state index contributed by atoms with van der Waals surface area (Å²) in [7, 11) is 1.50. The summed E-state index contributed by atoms with van der Waals surface area (Å²) < 4.78 is 35.5. The van der Waals surface area contributed by atoms with Gasteiger partial charge < -0.3 is 15.2 Å². The van der Waals surface area contributed by atoms with Crippen LogP contribution in [0.2, 0.25) is 0 Å². The summed E-state index contributed by atoms with van der Waals surface area (Å²) in [6.07, 6.45) is 0. The molecule has 0 bridgehead atoms. The molecule has 1 aromatic rings. The van der Waals surface area contributed by atoms with Crippen molar-refractivity contribution in [1.29, 1.82) is 0 Å². The standard InChI is InChI=1S/C10H13F2NO2/c1-14-5-8(13)6-15-10-4-7(11)2-3-9(10)12/h2-4,8H,5-6,13H2,1H3. The smallest absolute Gasteiger partial charge is 0.165 e. The Kier molecular flexibility index (Phi) is 4.45. The summed E-state index contributed by atoms with van der Waals surface area (Å²) in [6, 6.07) is 2.65. The van der Waals surface area contributed by atoms with Crippen molar-refractivity contribution in [3.63, 3.8) is 0 Å². The fourth-order valence-electron chi connectivity index (χ4n) is 1.05. The molecule has 0 aromatic heterocycles. The minimum Gasteiger partial charge on any atom is -0.489 e. The summed E-state index contributed by atoms with van der Waals surface area (Å²) in [5, 5.41) is 0. The van der Waals surface area contributed by atoms with Crippen molar-refractivity contribution in [2.24, 2.45) is 5.73 Å². The van der Waals surface area contributed by atoms with Crippen LogP contribution in [0, 0.1) is 11.6 Å². The quantitative estimate of drug-likeness (QED) is 0.808. The summed E-state index contributed by atoms with van der Waals surface area (Å²) in [6.45, 7) is 0.380. The van der Waals surface area contributed by atoms with E-state index in [-0.39, 0.29) is 18.4 Å². The van der Waals surface area contributed by atoms with Crippen LogP contribution in [0.25, 0.3) is 0 Å². The van der Waals surface area contributed by atoms with Gasteiger partial charge in [-0.05, 0) is 12.1 Å². The highest BCUT2D eigenvalue weighted by atomic mass is 19.1. The third kappa shape index (κ3) is 3.81. The lowest BCUT2D eigenvalue weighted by molar-refractivity contribution is 0.151. The highest BCUT2D eigenvalue weighted by Crippen LogP contribution is 2.17. The minimum absolute atomic E-state index is 0.0776. The molecular weight excluding hydrogens is 204 g/mol. The van der Waals surface area contributed by atoms with Crippen LogP contribution in [-0.2, 0) is 4.74 Å². The van der Waals surface area contributed by atoms with Crippen LogP contribution in [-0.4, -0.2) is 26.4 Å². The molecule has 0 fully saturated rings. The second kappa shape index (κ2) is 5.63. The molecule has 2 N–H and O–H groups in total. The molecule has 1 atom stereocenters. The van der Waals surface area contributed by atoms with Crippen LogP contribution < -0.4 is 10.5 Å². The number of hydrogen-bond donors (Lipinski definition) is 1. The van der Waals surface area contributed by atoms with Gasteiger partial charge in [-0.25, -0.2) is 8.78 Å². The highest BCUT2D eigenvalue weighted by Gasteiger charge is 2.07. The molecule has 1 aromatic carbocycles. The molecule has 0 radical (unpaired) electrons. The first kappa shape index (κ1) is 11.9. The molecule has 5 heteroatoms. The van der Waals surface area contributed by atoms with Gasteiger partial charge in [0.1, 0.15) is 12.4 Å². The van der Waals surface area contributed by atoms with E-state index in [0.29, 0.717) is 6.61 Å². The average Bonchev–Trinajstić information content (AvgIpc) is 2.20. The van der Waals surface area contributed by atoms with Gasteiger partial charge in [0.25, 0.3) is 0 Å². The second-order valence-corrected chi connectivity index (χ2v) is 3.10. The first-order valence-corrected chi connectivity index (χ1v) is 4.46. The number of halogens is 2. The zero-order valence-electron chi connectivity index (χ0n) is 8.37. The Morgan fingerprint density at radius 2 is 2.07 bits per heavy atom. The van der Waals surface area contributed by atoms with E-state index in [1.807, 2.05) is 0 Å². The predicted octanol–water partition coefficient (Wildman–Crippen LogP) is 1.32. The van der Waals surface area contributed by atoms with E-state index >= 15 is 0 Å². The fraction of sp³-hybridized carbons (Fsp3) is 0.400. The average molecular weight is 217 g/mol. The van der Waals surface area contributed by atoms with Gasteiger partial charge in [-0.1, -0.05) is 0 Å². The summed E-state index contributed by atoms with van der Waals surface area (Å²) >= 11 is 0. The van der Waals surface area contributed by atoms with Gasteiger partial charge in [-0.2, -0.15) is 0 Å². The van der Waals surface area contributed by atoms with E-state index in [1.165, 1.54) is 7.11 Å². The maximum atomic E-state index is 13.0. The van der Waals surface area contributed by atoms with Crippen LogP contribution >= 0.6 is 0 Å². The molecule has 1 unspecified atom stereocenters.